The van der Waals surface area contributed by atoms with E-state index in [1.807, 2.05) is 0 Å². The smallest absolute Gasteiger partial charge is 0.138 e. The van der Waals surface area contributed by atoms with Crippen molar-refractivity contribution < 1.29 is 14.6 Å². The van der Waals surface area contributed by atoms with Crippen molar-refractivity contribution in [2.45, 2.75) is 118 Å². The lowest BCUT2D eigenvalue weighted by Gasteiger charge is -2.63. The van der Waals surface area contributed by atoms with Crippen molar-refractivity contribution >= 4 is 5.78 Å². The highest BCUT2D eigenvalue weighted by molar-refractivity contribution is 5.86. The van der Waals surface area contributed by atoms with Gasteiger partial charge in [0.05, 0.1) is 18.8 Å². The van der Waals surface area contributed by atoms with E-state index < -0.39 is 0 Å². The maximum Gasteiger partial charge on any atom is 0.138 e. The highest BCUT2D eigenvalue weighted by Crippen LogP contribution is 2.88. The van der Waals surface area contributed by atoms with Gasteiger partial charge in [-0.05, 0) is 115 Å². The fourth-order valence-corrected chi connectivity index (χ4v) is 11.9. The topological polar surface area (TPSA) is 46.5 Å². The summed E-state index contributed by atoms with van der Waals surface area (Å²) in [5, 5.41) is 10.1. The number of carbonyl (C=O) groups excluding carboxylic acids is 1. The summed E-state index contributed by atoms with van der Waals surface area (Å²) in [5.41, 5.74) is 1.41. The van der Waals surface area contributed by atoms with Crippen LogP contribution in [0, 0.1) is 56.7 Å². The van der Waals surface area contributed by atoms with Crippen LogP contribution in [0.1, 0.15) is 112 Å². The predicted octanol–water partition coefficient (Wildman–Crippen LogP) is 6.81. The van der Waals surface area contributed by atoms with Gasteiger partial charge in [0.25, 0.3) is 0 Å². The largest absolute Gasteiger partial charge is 0.393 e. The first-order valence-corrected chi connectivity index (χ1v) is 14.7. The van der Waals surface area contributed by atoms with Crippen LogP contribution >= 0.6 is 0 Å². The Morgan fingerprint density at radius 2 is 1.59 bits per heavy atom. The molecule has 0 aromatic rings. The molecule has 1 N–H and O–H groups in total. The molecule has 0 radical (unpaired) electrons. The van der Waals surface area contributed by atoms with Crippen molar-refractivity contribution in [2.24, 2.45) is 56.7 Å². The van der Waals surface area contributed by atoms with Gasteiger partial charge in [0.1, 0.15) is 5.78 Å². The van der Waals surface area contributed by atoms with Gasteiger partial charge in [-0.3, -0.25) is 4.79 Å². The van der Waals surface area contributed by atoms with Gasteiger partial charge in [-0.1, -0.05) is 41.5 Å². The van der Waals surface area contributed by atoms with E-state index in [1.165, 1.54) is 57.8 Å². The Balaban J connectivity index is 1.26. The maximum atomic E-state index is 12.9. The Morgan fingerprint density at radius 3 is 2.24 bits per heavy atom. The van der Waals surface area contributed by atoms with E-state index in [4.69, 9.17) is 4.74 Å². The number of ketones is 1. The van der Waals surface area contributed by atoms with Crippen molar-refractivity contribution in [1.82, 2.24) is 0 Å². The number of ether oxygens (including phenoxy) is 1. The zero-order valence-corrected chi connectivity index (χ0v) is 22.8. The molecule has 0 amide bonds. The van der Waals surface area contributed by atoms with E-state index in [0.29, 0.717) is 45.2 Å². The molecule has 6 aliphatic rings. The number of Topliss-reactive ketones (excluding diaryl/α,β-unsaturated/α-hetero) is 1. The minimum Gasteiger partial charge on any atom is -0.393 e. The van der Waals surface area contributed by atoms with Crippen molar-refractivity contribution in [1.29, 1.82) is 0 Å². The van der Waals surface area contributed by atoms with E-state index in [2.05, 4.69) is 41.5 Å². The van der Waals surface area contributed by atoms with Crippen LogP contribution in [0.5, 0.6) is 0 Å². The van der Waals surface area contributed by atoms with Crippen LogP contribution in [0.2, 0.25) is 0 Å². The van der Waals surface area contributed by atoms with E-state index in [9.17, 15) is 9.90 Å². The average Bonchev–Trinajstić information content (AvgIpc) is 3.39. The van der Waals surface area contributed by atoms with Crippen molar-refractivity contribution in [3.05, 3.63) is 0 Å². The first-order valence-electron chi connectivity index (χ1n) is 14.7. The summed E-state index contributed by atoms with van der Waals surface area (Å²) in [6, 6.07) is 0. The monoisotopic (exact) mass is 470 g/mol. The second-order valence-electron chi connectivity index (χ2n) is 15.3. The number of fused-ring (bicyclic) bond motifs is 2. The van der Waals surface area contributed by atoms with Gasteiger partial charge in [-0.2, -0.15) is 0 Å². The summed E-state index contributed by atoms with van der Waals surface area (Å²) in [6.45, 7) is 15.3. The second kappa shape index (κ2) is 7.12. The molecule has 1 aliphatic heterocycles. The second-order valence-corrected chi connectivity index (χ2v) is 15.3. The van der Waals surface area contributed by atoms with Crippen molar-refractivity contribution in [2.75, 3.05) is 13.2 Å². The van der Waals surface area contributed by atoms with Crippen LogP contribution in [-0.4, -0.2) is 29.7 Å². The van der Waals surface area contributed by atoms with Crippen LogP contribution in [0.15, 0.2) is 0 Å². The molecular weight excluding hydrogens is 420 g/mol. The van der Waals surface area contributed by atoms with E-state index >= 15 is 0 Å². The predicted molar refractivity (Wildman–Crippen MR) is 135 cm³/mol. The van der Waals surface area contributed by atoms with Gasteiger partial charge in [-0.25, -0.2) is 0 Å². The molecule has 6 fully saturated rings. The average molecular weight is 471 g/mol. The Morgan fingerprint density at radius 1 is 0.882 bits per heavy atom. The number of rotatable bonds is 3. The summed E-state index contributed by atoms with van der Waals surface area (Å²) in [5.74, 6) is 3.78. The third-order valence-electron chi connectivity index (χ3n) is 14.3. The molecule has 2 spiro atoms. The minimum absolute atomic E-state index is 0.109. The molecule has 3 heteroatoms. The number of hydrogen-bond acceptors (Lipinski definition) is 3. The van der Waals surface area contributed by atoms with Gasteiger partial charge in [-0.15, -0.1) is 0 Å². The van der Waals surface area contributed by atoms with Crippen LogP contribution in [0.3, 0.4) is 0 Å². The normalized spacial score (nSPS) is 55.8. The zero-order valence-electron chi connectivity index (χ0n) is 22.8. The molecule has 5 aliphatic carbocycles. The highest BCUT2D eigenvalue weighted by Gasteiger charge is 2.82. The molecule has 34 heavy (non-hydrogen) atoms. The van der Waals surface area contributed by atoms with E-state index in [0.717, 1.165) is 31.3 Å². The molecule has 9 atom stereocenters. The standard InChI is InChI=1S/C31H50O3/c1-20(2)31(19-32)14-9-21(17-34-31)22-10-12-28(6)24-8-7-23-26(3,4)25(33)11-13-29(23)18-30(24,29)16-15-27(22,28)5/h20-24,32H,7-19H2,1-6H3/t21-,22+,23-,24-,27+,28-,29+,30-,31?/m0/s1. The van der Waals surface area contributed by atoms with Crippen LogP contribution in [-0.2, 0) is 9.53 Å². The van der Waals surface area contributed by atoms with Gasteiger partial charge >= 0.3 is 0 Å². The molecule has 192 valence electrons. The van der Waals surface area contributed by atoms with Crippen molar-refractivity contribution in [3.8, 4) is 0 Å². The molecule has 1 unspecified atom stereocenters. The molecule has 6 rings (SSSR count). The lowest BCUT2D eigenvalue weighted by Crippen LogP contribution is -2.57. The highest BCUT2D eigenvalue weighted by atomic mass is 16.5. The lowest BCUT2D eigenvalue weighted by molar-refractivity contribution is -0.180. The summed E-state index contributed by atoms with van der Waals surface area (Å²) in [7, 11) is 0. The Labute approximate surface area is 208 Å². The van der Waals surface area contributed by atoms with Crippen LogP contribution in [0.4, 0.5) is 0 Å². The molecule has 3 nitrogen and oxygen atoms in total. The summed E-state index contributed by atoms with van der Waals surface area (Å²) < 4.78 is 6.51. The number of carbonyl (C=O) groups is 1. The molecule has 1 saturated heterocycles. The SMILES string of the molecule is CC(C)C1(CO)CC[C@H]([C@H]2CC[C@@]3(C)[C@@H]4CC[C@H]5C(C)(C)C(=O)CC[C@@]56C[C@@]46CC[C@]23C)CO1. The van der Waals surface area contributed by atoms with Crippen LogP contribution < -0.4 is 0 Å². The number of aliphatic hydroxyl groups is 1. The van der Waals surface area contributed by atoms with Gasteiger partial charge in [0.15, 0.2) is 0 Å². The first-order chi connectivity index (χ1) is 15.9. The van der Waals surface area contributed by atoms with Gasteiger partial charge < -0.3 is 9.84 Å². The molecule has 0 aromatic heterocycles. The van der Waals surface area contributed by atoms with Gasteiger partial charge in [0, 0.05) is 11.8 Å². The molecule has 0 bridgehead atoms. The maximum absolute atomic E-state index is 12.9. The quantitative estimate of drug-likeness (QED) is 0.493. The fraction of sp³-hybridized carbons (Fsp3) is 0.968. The number of hydrogen-bond donors (Lipinski definition) is 1. The van der Waals surface area contributed by atoms with E-state index in [-0.39, 0.29) is 17.6 Å². The summed E-state index contributed by atoms with van der Waals surface area (Å²) in [6.07, 6.45) is 13.8. The minimum atomic E-state index is -0.320. The Hall–Kier alpha value is -0.410. The van der Waals surface area contributed by atoms with Crippen molar-refractivity contribution in [3.63, 3.8) is 0 Å². The van der Waals surface area contributed by atoms with Crippen LogP contribution in [0.25, 0.3) is 0 Å². The van der Waals surface area contributed by atoms with Gasteiger partial charge in [0.2, 0.25) is 0 Å². The third kappa shape index (κ3) is 2.60. The molecular formula is C31H50O3. The lowest BCUT2D eigenvalue weighted by atomic mass is 9.42. The summed E-state index contributed by atoms with van der Waals surface area (Å²) >= 11 is 0. The Bertz CT molecular complexity index is 868. The molecule has 1 heterocycles. The fourth-order valence-electron chi connectivity index (χ4n) is 11.9. The Kier molecular flexibility index (Phi) is 5.02. The molecule has 5 saturated carbocycles. The summed E-state index contributed by atoms with van der Waals surface area (Å²) in [4.78, 5) is 12.9. The number of aliphatic hydroxyl groups excluding tert-OH is 1. The molecule has 0 aromatic carbocycles. The third-order valence-corrected chi connectivity index (χ3v) is 14.3. The van der Waals surface area contributed by atoms with E-state index in [1.54, 1.807) is 0 Å². The zero-order chi connectivity index (χ0) is 24.4. The first kappa shape index (κ1) is 24.0.